The van der Waals surface area contributed by atoms with Crippen LogP contribution in [0.4, 0.5) is 17.5 Å². The second-order valence-corrected chi connectivity index (χ2v) is 7.06. The fraction of sp³-hybridized carbons (Fsp3) is 0.500. The number of methoxy groups -OCH3 is 1. The van der Waals surface area contributed by atoms with E-state index in [2.05, 4.69) is 30.8 Å². The molecule has 0 radical (unpaired) electrons. The van der Waals surface area contributed by atoms with E-state index in [1.165, 1.54) is 6.42 Å². The van der Waals surface area contributed by atoms with E-state index in [0.717, 1.165) is 48.1 Å². The third kappa shape index (κ3) is 5.54. The molecule has 2 heterocycles. The zero-order valence-corrected chi connectivity index (χ0v) is 16.8. The molecule has 0 aliphatic carbocycles. The summed E-state index contributed by atoms with van der Waals surface area (Å²) < 4.78 is 5.48. The van der Waals surface area contributed by atoms with E-state index in [0.29, 0.717) is 19.0 Å². The Labute approximate surface area is 166 Å². The number of β-amino-alcohol motifs (C(OH)–C–C–N with tert-alkyl or cyclic N) is 1. The molecule has 0 saturated carbocycles. The molecule has 8 heteroatoms. The summed E-state index contributed by atoms with van der Waals surface area (Å²) in [5, 5.41) is 19.8. The third-order valence-electron chi connectivity index (χ3n) is 4.76. The molecule has 2 aromatic rings. The molecule has 1 atom stereocenters. The molecule has 8 nitrogen and oxygen atoms in total. The molecular formula is C20H30N6O2. The van der Waals surface area contributed by atoms with E-state index in [-0.39, 0.29) is 6.10 Å². The fourth-order valence-electron chi connectivity index (χ4n) is 3.18. The lowest BCUT2D eigenvalue weighted by molar-refractivity contribution is 0.0783. The molecule has 1 unspecified atom stereocenters. The number of nitrogens with one attached hydrogen (secondary N) is 3. The number of aliphatic hydroxyl groups is 1. The van der Waals surface area contributed by atoms with E-state index in [9.17, 15) is 5.11 Å². The highest BCUT2D eigenvalue weighted by Crippen LogP contribution is 2.24. The Kier molecular flexibility index (Phi) is 7.02. The highest BCUT2D eigenvalue weighted by Gasteiger charge is 2.17. The van der Waals surface area contributed by atoms with Gasteiger partial charge < -0.3 is 30.7 Å². The van der Waals surface area contributed by atoms with E-state index in [4.69, 9.17) is 4.74 Å². The van der Waals surface area contributed by atoms with Crippen molar-refractivity contribution in [2.75, 3.05) is 51.0 Å². The molecule has 152 valence electrons. The number of aliphatic hydroxyl groups excluding tert-OH is 1. The van der Waals surface area contributed by atoms with E-state index in [1.807, 2.05) is 38.2 Å². The average molecular weight is 387 g/mol. The molecule has 1 aromatic carbocycles. The number of benzene rings is 1. The summed E-state index contributed by atoms with van der Waals surface area (Å²) in [5.41, 5.74) is 2.77. The Bertz CT molecular complexity index is 781. The zero-order chi connectivity index (χ0) is 19.9. The van der Waals surface area contributed by atoms with Gasteiger partial charge in [-0.15, -0.1) is 0 Å². The predicted octanol–water partition coefficient (Wildman–Crippen LogP) is 1.74. The summed E-state index contributed by atoms with van der Waals surface area (Å²) in [5.74, 6) is 2.11. The van der Waals surface area contributed by atoms with Crippen molar-refractivity contribution in [3.63, 3.8) is 0 Å². The minimum absolute atomic E-state index is 0.367. The average Bonchev–Trinajstić information content (AvgIpc) is 2.64. The first-order chi connectivity index (χ1) is 13.6. The van der Waals surface area contributed by atoms with Crippen molar-refractivity contribution >= 4 is 17.5 Å². The van der Waals surface area contributed by atoms with Gasteiger partial charge >= 0.3 is 0 Å². The second kappa shape index (κ2) is 9.68. The fourth-order valence-corrected chi connectivity index (χ4v) is 3.18. The van der Waals surface area contributed by atoms with Crippen molar-refractivity contribution in [3.8, 4) is 5.75 Å². The van der Waals surface area contributed by atoms with Gasteiger partial charge in [-0.1, -0.05) is 0 Å². The monoisotopic (exact) mass is 386 g/mol. The van der Waals surface area contributed by atoms with Crippen molar-refractivity contribution in [2.45, 2.75) is 26.0 Å². The molecule has 1 saturated heterocycles. The number of nitrogens with zero attached hydrogens (tertiary/aromatic N) is 3. The van der Waals surface area contributed by atoms with Gasteiger partial charge in [0.1, 0.15) is 11.6 Å². The van der Waals surface area contributed by atoms with Gasteiger partial charge in [0, 0.05) is 49.7 Å². The summed E-state index contributed by atoms with van der Waals surface area (Å²) in [4.78, 5) is 11.1. The van der Waals surface area contributed by atoms with Crippen LogP contribution in [0.2, 0.25) is 0 Å². The van der Waals surface area contributed by atoms with Gasteiger partial charge in [-0.05, 0) is 44.6 Å². The van der Waals surface area contributed by atoms with Crippen LogP contribution in [0.3, 0.4) is 0 Å². The maximum Gasteiger partial charge on any atom is 0.229 e. The van der Waals surface area contributed by atoms with Gasteiger partial charge in [0.05, 0.1) is 13.2 Å². The van der Waals surface area contributed by atoms with Gasteiger partial charge in [-0.25, -0.2) is 4.98 Å². The quantitative estimate of drug-likeness (QED) is 0.491. The number of aromatic nitrogens is 2. The molecule has 0 spiro atoms. The molecule has 1 fully saturated rings. The number of aryl methyl sites for hydroxylation is 1. The van der Waals surface area contributed by atoms with Gasteiger partial charge in [-0.3, -0.25) is 0 Å². The van der Waals surface area contributed by atoms with E-state index < -0.39 is 0 Å². The molecule has 3 rings (SSSR count). The molecule has 28 heavy (non-hydrogen) atoms. The molecule has 4 N–H and O–H groups in total. The number of rotatable bonds is 10. The maximum atomic E-state index is 10.1. The van der Waals surface area contributed by atoms with Crippen molar-refractivity contribution in [3.05, 3.63) is 35.5 Å². The van der Waals surface area contributed by atoms with Gasteiger partial charge in [0.2, 0.25) is 5.95 Å². The van der Waals surface area contributed by atoms with Crippen LogP contribution in [0.25, 0.3) is 0 Å². The number of hydrogen-bond donors (Lipinski definition) is 4. The van der Waals surface area contributed by atoms with Gasteiger partial charge in [0.25, 0.3) is 0 Å². The van der Waals surface area contributed by atoms with Crippen molar-refractivity contribution in [1.82, 2.24) is 20.2 Å². The smallest absolute Gasteiger partial charge is 0.229 e. The van der Waals surface area contributed by atoms with Crippen molar-refractivity contribution in [1.29, 1.82) is 0 Å². The largest absolute Gasteiger partial charge is 0.496 e. The first kappa shape index (κ1) is 20.3. The van der Waals surface area contributed by atoms with Crippen LogP contribution in [0, 0.1) is 6.92 Å². The van der Waals surface area contributed by atoms with E-state index in [1.54, 1.807) is 7.11 Å². The van der Waals surface area contributed by atoms with Crippen LogP contribution in [-0.4, -0.2) is 66.4 Å². The second-order valence-electron chi connectivity index (χ2n) is 7.06. The summed E-state index contributed by atoms with van der Waals surface area (Å²) in [6.45, 7) is 5.99. The standard InChI is InChI=1S/C20H30N6O2/c1-14-9-19(21-2)25-20(23-14)24-16-5-6-18(28-3)15(10-16)11-22-12-17(27)13-26-7-4-8-26/h5-6,9-10,17,22,27H,4,7-8,11-13H2,1-3H3,(H2,21,23,24,25). The summed E-state index contributed by atoms with van der Waals surface area (Å²) in [6.07, 6.45) is 0.866. The molecular weight excluding hydrogens is 356 g/mol. The number of hydrogen-bond acceptors (Lipinski definition) is 8. The van der Waals surface area contributed by atoms with Crippen LogP contribution in [-0.2, 0) is 6.54 Å². The Morgan fingerprint density at radius 3 is 2.75 bits per heavy atom. The van der Waals surface area contributed by atoms with Crippen molar-refractivity contribution < 1.29 is 9.84 Å². The van der Waals surface area contributed by atoms with Crippen LogP contribution in [0.5, 0.6) is 5.75 Å². The van der Waals surface area contributed by atoms with E-state index >= 15 is 0 Å². The van der Waals surface area contributed by atoms with Crippen molar-refractivity contribution in [2.24, 2.45) is 0 Å². The molecule has 1 aromatic heterocycles. The topological polar surface area (TPSA) is 94.6 Å². The summed E-state index contributed by atoms with van der Waals surface area (Å²) in [6, 6.07) is 7.76. The highest BCUT2D eigenvalue weighted by atomic mass is 16.5. The zero-order valence-electron chi connectivity index (χ0n) is 16.8. The van der Waals surface area contributed by atoms with Gasteiger partial charge in [-0.2, -0.15) is 4.98 Å². The molecule has 0 bridgehead atoms. The number of anilines is 3. The normalized spacial score (nSPS) is 15.0. The SMILES string of the molecule is CNc1cc(C)nc(Nc2ccc(OC)c(CNCC(O)CN3CCC3)c2)n1. The Morgan fingerprint density at radius 2 is 2.07 bits per heavy atom. The Balaban J connectivity index is 1.61. The van der Waals surface area contributed by atoms with Crippen LogP contribution in [0.15, 0.2) is 24.3 Å². The third-order valence-corrected chi connectivity index (χ3v) is 4.76. The first-order valence-electron chi connectivity index (χ1n) is 9.66. The lowest BCUT2D eigenvalue weighted by Crippen LogP contribution is -2.44. The van der Waals surface area contributed by atoms with Crippen LogP contribution in [0.1, 0.15) is 17.7 Å². The lowest BCUT2D eigenvalue weighted by atomic mass is 10.1. The highest BCUT2D eigenvalue weighted by molar-refractivity contribution is 5.58. The van der Waals surface area contributed by atoms with Crippen LogP contribution >= 0.6 is 0 Å². The Morgan fingerprint density at radius 1 is 1.25 bits per heavy atom. The minimum atomic E-state index is -0.367. The molecule has 1 aliphatic rings. The number of likely N-dealkylation sites (tertiary alicyclic amines) is 1. The first-order valence-corrected chi connectivity index (χ1v) is 9.66. The van der Waals surface area contributed by atoms with Gasteiger partial charge in [0.15, 0.2) is 0 Å². The van der Waals surface area contributed by atoms with Crippen LogP contribution < -0.4 is 20.7 Å². The minimum Gasteiger partial charge on any atom is -0.496 e. The lowest BCUT2D eigenvalue weighted by Gasteiger charge is -2.32. The summed E-state index contributed by atoms with van der Waals surface area (Å²) in [7, 11) is 3.49. The maximum absolute atomic E-state index is 10.1. The Hall–Kier alpha value is -2.42. The molecule has 0 amide bonds. The number of ether oxygens (including phenoxy) is 1. The summed E-state index contributed by atoms with van der Waals surface area (Å²) >= 11 is 0. The molecule has 1 aliphatic heterocycles. The predicted molar refractivity (Wildman–Crippen MR) is 111 cm³/mol.